The Balaban J connectivity index is 1.59. The molecular weight excluding hydrogens is 446 g/mol. The zero-order valence-corrected chi connectivity index (χ0v) is 19.5. The number of carbonyl (C=O) groups excluding carboxylic acids is 1. The standard InChI is InChI=1S/C23H27N3O6S/c1-3-26-20-9-8-17(33(29,30)25-11-5-4-6-12-25)14-19(20)24-22(26)15-32-23(28)18-13-16(31-2)7-10-21(18)27/h7-10,13-14,27H,3-6,11-12,15H2,1-2H3. The lowest BCUT2D eigenvalue weighted by molar-refractivity contribution is 0.0455. The highest BCUT2D eigenvalue weighted by atomic mass is 32.2. The minimum atomic E-state index is -3.58. The van der Waals surface area contributed by atoms with Crippen LogP contribution in [0, 0.1) is 0 Å². The topological polar surface area (TPSA) is 111 Å². The maximum absolute atomic E-state index is 13.0. The highest BCUT2D eigenvalue weighted by Gasteiger charge is 2.27. The molecule has 1 fully saturated rings. The Hall–Kier alpha value is -3.11. The van der Waals surface area contributed by atoms with Crippen LogP contribution >= 0.6 is 0 Å². The molecule has 0 radical (unpaired) electrons. The van der Waals surface area contributed by atoms with Crippen LogP contribution in [-0.2, 0) is 27.9 Å². The van der Waals surface area contributed by atoms with Crippen molar-refractivity contribution in [2.75, 3.05) is 20.2 Å². The molecule has 2 heterocycles. The molecule has 0 saturated carbocycles. The molecule has 1 aliphatic rings. The van der Waals surface area contributed by atoms with E-state index in [0.29, 0.717) is 36.7 Å². The lowest BCUT2D eigenvalue weighted by Gasteiger charge is -2.25. The number of rotatable bonds is 7. The van der Waals surface area contributed by atoms with Gasteiger partial charge in [0.15, 0.2) is 0 Å². The SMILES string of the molecule is CCn1c(COC(=O)c2cc(OC)ccc2O)nc2cc(S(=O)(=O)N3CCCCC3)ccc21. The molecule has 33 heavy (non-hydrogen) atoms. The van der Waals surface area contributed by atoms with Crippen LogP contribution in [0.4, 0.5) is 0 Å². The molecule has 0 bridgehead atoms. The van der Waals surface area contributed by atoms with Crippen LogP contribution in [0.1, 0.15) is 42.4 Å². The smallest absolute Gasteiger partial charge is 0.342 e. The Morgan fingerprint density at radius 2 is 1.88 bits per heavy atom. The molecule has 1 saturated heterocycles. The van der Waals surface area contributed by atoms with E-state index in [1.165, 1.54) is 29.6 Å². The van der Waals surface area contributed by atoms with Crippen molar-refractivity contribution in [3.8, 4) is 11.5 Å². The largest absolute Gasteiger partial charge is 0.507 e. The number of fused-ring (bicyclic) bond motifs is 1. The van der Waals surface area contributed by atoms with E-state index in [1.807, 2.05) is 11.5 Å². The number of aryl methyl sites for hydroxylation is 1. The summed E-state index contributed by atoms with van der Waals surface area (Å²) >= 11 is 0. The van der Waals surface area contributed by atoms with Gasteiger partial charge in [-0.2, -0.15) is 4.31 Å². The molecule has 0 amide bonds. The van der Waals surface area contributed by atoms with E-state index in [-0.39, 0.29) is 22.8 Å². The zero-order chi connectivity index (χ0) is 23.6. The molecule has 1 N–H and O–H groups in total. The van der Waals surface area contributed by atoms with Gasteiger partial charge in [0.25, 0.3) is 0 Å². The number of nitrogens with zero attached hydrogens (tertiary/aromatic N) is 3. The fraction of sp³-hybridized carbons (Fsp3) is 0.391. The second-order valence-corrected chi connectivity index (χ2v) is 9.78. The summed E-state index contributed by atoms with van der Waals surface area (Å²) < 4.78 is 40.0. The average Bonchev–Trinajstić information content (AvgIpc) is 3.20. The Morgan fingerprint density at radius 1 is 1.12 bits per heavy atom. The number of esters is 1. The van der Waals surface area contributed by atoms with Gasteiger partial charge in [-0.15, -0.1) is 0 Å². The maximum Gasteiger partial charge on any atom is 0.342 e. The average molecular weight is 474 g/mol. The third kappa shape index (κ3) is 4.53. The number of aromatic hydroxyl groups is 1. The number of ether oxygens (including phenoxy) is 2. The first kappa shape index (κ1) is 23.1. The summed E-state index contributed by atoms with van der Waals surface area (Å²) in [6.07, 6.45) is 2.77. The van der Waals surface area contributed by atoms with Gasteiger partial charge < -0.3 is 19.1 Å². The van der Waals surface area contributed by atoms with Crippen molar-refractivity contribution in [1.82, 2.24) is 13.9 Å². The van der Waals surface area contributed by atoms with E-state index in [1.54, 1.807) is 18.2 Å². The summed E-state index contributed by atoms with van der Waals surface area (Å²) in [7, 11) is -2.11. The first-order chi connectivity index (χ1) is 15.8. The molecule has 0 aliphatic carbocycles. The Bertz CT molecular complexity index is 1280. The summed E-state index contributed by atoms with van der Waals surface area (Å²) in [5.74, 6) is -0.0226. The van der Waals surface area contributed by atoms with Crippen LogP contribution < -0.4 is 4.74 Å². The maximum atomic E-state index is 13.0. The highest BCUT2D eigenvalue weighted by molar-refractivity contribution is 7.89. The first-order valence-electron chi connectivity index (χ1n) is 10.9. The third-order valence-electron chi connectivity index (χ3n) is 5.82. The van der Waals surface area contributed by atoms with E-state index in [0.717, 1.165) is 24.8 Å². The van der Waals surface area contributed by atoms with Crippen molar-refractivity contribution < 1.29 is 27.8 Å². The number of benzene rings is 2. The molecule has 1 aromatic heterocycles. The van der Waals surface area contributed by atoms with Gasteiger partial charge in [0.05, 0.1) is 23.0 Å². The number of sulfonamides is 1. The molecule has 0 unspecified atom stereocenters. The van der Waals surface area contributed by atoms with Crippen LogP contribution in [0.25, 0.3) is 11.0 Å². The number of piperidine rings is 1. The Labute approximate surface area is 192 Å². The number of phenols is 1. The fourth-order valence-corrected chi connectivity index (χ4v) is 5.59. The van der Waals surface area contributed by atoms with Gasteiger partial charge in [0.2, 0.25) is 10.0 Å². The summed E-state index contributed by atoms with van der Waals surface area (Å²) in [4.78, 5) is 17.3. The van der Waals surface area contributed by atoms with Gasteiger partial charge >= 0.3 is 5.97 Å². The molecule has 9 nitrogen and oxygen atoms in total. The summed E-state index contributed by atoms with van der Waals surface area (Å²) in [5.41, 5.74) is 1.26. The van der Waals surface area contributed by atoms with E-state index in [4.69, 9.17) is 9.47 Å². The molecule has 1 aliphatic heterocycles. The van der Waals surface area contributed by atoms with Crippen LogP contribution in [0.15, 0.2) is 41.3 Å². The first-order valence-corrected chi connectivity index (χ1v) is 12.3. The van der Waals surface area contributed by atoms with E-state index in [2.05, 4.69) is 4.98 Å². The highest BCUT2D eigenvalue weighted by Crippen LogP contribution is 2.27. The number of hydrogen-bond acceptors (Lipinski definition) is 7. The number of hydrogen-bond donors (Lipinski definition) is 1. The minimum Gasteiger partial charge on any atom is -0.507 e. The second-order valence-electron chi connectivity index (χ2n) is 7.85. The van der Waals surface area contributed by atoms with Gasteiger partial charge in [0.1, 0.15) is 29.5 Å². The van der Waals surface area contributed by atoms with Crippen molar-refractivity contribution in [2.24, 2.45) is 0 Å². The second kappa shape index (κ2) is 9.40. The van der Waals surface area contributed by atoms with Crippen molar-refractivity contribution in [3.05, 3.63) is 47.8 Å². The van der Waals surface area contributed by atoms with Gasteiger partial charge in [-0.05, 0) is 56.2 Å². The van der Waals surface area contributed by atoms with Crippen LogP contribution in [0.5, 0.6) is 11.5 Å². The van der Waals surface area contributed by atoms with Crippen LogP contribution in [-0.4, -0.2) is 53.5 Å². The van der Waals surface area contributed by atoms with E-state index >= 15 is 0 Å². The molecule has 10 heteroatoms. The van der Waals surface area contributed by atoms with Gasteiger partial charge in [-0.1, -0.05) is 6.42 Å². The van der Waals surface area contributed by atoms with Crippen molar-refractivity contribution >= 4 is 27.0 Å². The third-order valence-corrected chi connectivity index (χ3v) is 7.72. The van der Waals surface area contributed by atoms with Crippen molar-refractivity contribution in [2.45, 2.75) is 44.2 Å². The van der Waals surface area contributed by atoms with E-state index in [9.17, 15) is 18.3 Å². The Kier molecular flexibility index (Phi) is 6.57. The predicted molar refractivity (Wildman–Crippen MR) is 122 cm³/mol. The van der Waals surface area contributed by atoms with Gasteiger partial charge in [0, 0.05) is 19.6 Å². The zero-order valence-electron chi connectivity index (χ0n) is 18.7. The molecule has 0 atom stereocenters. The number of aromatic nitrogens is 2. The van der Waals surface area contributed by atoms with Crippen molar-refractivity contribution in [3.63, 3.8) is 0 Å². The summed E-state index contributed by atoms with van der Waals surface area (Å²) in [6, 6.07) is 9.22. The normalized spacial score (nSPS) is 15.0. The monoisotopic (exact) mass is 473 g/mol. The summed E-state index contributed by atoms with van der Waals surface area (Å²) in [6.45, 7) is 3.42. The molecule has 176 valence electrons. The molecule has 3 aromatic rings. The molecule has 0 spiro atoms. The predicted octanol–water partition coefficient (Wildman–Crippen LogP) is 3.30. The molecule has 2 aromatic carbocycles. The van der Waals surface area contributed by atoms with Gasteiger partial charge in [-0.3, -0.25) is 0 Å². The number of methoxy groups -OCH3 is 1. The van der Waals surface area contributed by atoms with E-state index < -0.39 is 16.0 Å². The number of imidazole rings is 1. The minimum absolute atomic E-state index is 0.0107. The van der Waals surface area contributed by atoms with Crippen molar-refractivity contribution in [1.29, 1.82) is 0 Å². The number of phenolic OH excluding ortho intramolecular Hbond substituents is 1. The van der Waals surface area contributed by atoms with Gasteiger partial charge in [-0.25, -0.2) is 18.2 Å². The quantitative estimate of drug-likeness (QED) is 0.524. The molecule has 4 rings (SSSR count). The number of carbonyl (C=O) groups is 1. The summed E-state index contributed by atoms with van der Waals surface area (Å²) in [5, 5.41) is 9.99. The lowest BCUT2D eigenvalue weighted by atomic mass is 10.2. The molecular formula is C23H27N3O6S. The van der Waals surface area contributed by atoms with Crippen LogP contribution in [0.3, 0.4) is 0 Å². The fourth-order valence-electron chi connectivity index (χ4n) is 4.05. The van der Waals surface area contributed by atoms with Crippen LogP contribution in [0.2, 0.25) is 0 Å². The lowest BCUT2D eigenvalue weighted by Crippen LogP contribution is -2.35. The Morgan fingerprint density at radius 3 is 2.58 bits per heavy atom.